The van der Waals surface area contributed by atoms with Gasteiger partial charge in [0.1, 0.15) is 5.82 Å². The van der Waals surface area contributed by atoms with Crippen LogP contribution in [0.15, 0.2) is 48.5 Å². The van der Waals surface area contributed by atoms with Crippen LogP contribution in [0, 0.1) is 5.82 Å². The monoisotopic (exact) mass is 294 g/mol. The molecule has 6 heteroatoms. The Morgan fingerprint density at radius 1 is 1.10 bits per heavy atom. The van der Waals surface area contributed by atoms with Crippen LogP contribution in [0.3, 0.4) is 0 Å². The Bertz CT molecular complexity index is 688. The highest BCUT2D eigenvalue weighted by Crippen LogP contribution is 2.19. The van der Waals surface area contributed by atoms with E-state index in [1.165, 1.54) is 12.1 Å². The quantitative estimate of drug-likeness (QED) is 0.832. The van der Waals surface area contributed by atoms with E-state index in [-0.39, 0.29) is 11.4 Å². The van der Waals surface area contributed by atoms with Gasteiger partial charge in [0.2, 0.25) is 10.0 Å². The van der Waals surface area contributed by atoms with Crippen LogP contribution in [0.2, 0.25) is 0 Å². The summed E-state index contributed by atoms with van der Waals surface area (Å²) in [6, 6.07) is 13.0. The van der Waals surface area contributed by atoms with Gasteiger partial charge < -0.3 is 5.73 Å². The summed E-state index contributed by atoms with van der Waals surface area (Å²) in [6.45, 7) is 0. The van der Waals surface area contributed by atoms with Gasteiger partial charge in [-0.1, -0.05) is 30.3 Å². The predicted octanol–water partition coefficient (Wildman–Crippen LogP) is 2.39. The van der Waals surface area contributed by atoms with Crippen LogP contribution in [0.5, 0.6) is 0 Å². The van der Waals surface area contributed by atoms with Crippen molar-refractivity contribution in [2.75, 3.05) is 16.2 Å². The first kappa shape index (κ1) is 14.3. The summed E-state index contributed by atoms with van der Waals surface area (Å²) in [4.78, 5) is 0. The number of rotatable bonds is 5. The van der Waals surface area contributed by atoms with Gasteiger partial charge in [0, 0.05) is 5.69 Å². The lowest BCUT2D eigenvalue weighted by molar-refractivity contribution is 0.598. The number of aryl methyl sites for hydroxylation is 1. The van der Waals surface area contributed by atoms with Crippen molar-refractivity contribution < 1.29 is 12.8 Å². The molecule has 2 aromatic rings. The molecule has 20 heavy (non-hydrogen) atoms. The van der Waals surface area contributed by atoms with Crippen LogP contribution in [-0.2, 0) is 16.4 Å². The van der Waals surface area contributed by atoms with Crippen LogP contribution >= 0.6 is 0 Å². The van der Waals surface area contributed by atoms with Gasteiger partial charge in [-0.2, -0.15) is 0 Å². The molecule has 4 nitrogen and oxygen atoms in total. The molecule has 0 aliphatic rings. The van der Waals surface area contributed by atoms with Crippen molar-refractivity contribution in [3.63, 3.8) is 0 Å². The number of nitrogen functional groups attached to an aromatic ring is 1. The van der Waals surface area contributed by atoms with Gasteiger partial charge in [0.25, 0.3) is 0 Å². The minimum absolute atomic E-state index is 0.120. The maximum absolute atomic E-state index is 13.5. The Balaban J connectivity index is 2.06. The first-order valence-electron chi connectivity index (χ1n) is 6.06. The Morgan fingerprint density at radius 3 is 2.50 bits per heavy atom. The molecule has 0 radical (unpaired) electrons. The molecule has 0 fully saturated rings. The Hall–Kier alpha value is -2.08. The number of halogens is 1. The Labute approximate surface area is 117 Å². The molecule has 2 aromatic carbocycles. The number of hydrogen-bond acceptors (Lipinski definition) is 3. The molecule has 0 amide bonds. The highest BCUT2D eigenvalue weighted by molar-refractivity contribution is 7.92. The van der Waals surface area contributed by atoms with Crippen molar-refractivity contribution in [1.29, 1.82) is 0 Å². The van der Waals surface area contributed by atoms with Crippen molar-refractivity contribution in [3.05, 3.63) is 59.9 Å². The molecule has 0 atom stereocenters. The highest BCUT2D eigenvalue weighted by atomic mass is 32.2. The lowest BCUT2D eigenvalue weighted by Crippen LogP contribution is -2.19. The smallest absolute Gasteiger partial charge is 0.233 e. The van der Waals surface area contributed by atoms with E-state index in [1.54, 1.807) is 0 Å². The second-order valence-corrected chi connectivity index (χ2v) is 6.24. The van der Waals surface area contributed by atoms with Crippen LogP contribution in [-0.4, -0.2) is 14.2 Å². The van der Waals surface area contributed by atoms with Gasteiger partial charge in [-0.25, -0.2) is 12.8 Å². The maximum Gasteiger partial charge on any atom is 0.233 e. The van der Waals surface area contributed by atoms with Gasteiger partial charge in [-0.05, 0) is 30.2 Å². The second-order valence-electron chi connectivity index (χ2n) is 4.40. The molecule has 106 valence electrons. The van der Waals surface area contributed by atoms with Crippen molar-refractivity contribution >= 4 is 21.4 Å². The minimum Gasteiger partial charge on any atom is -0.399 e. The summed E-state index contributed by atoms with van der Waals surface area (Å²) >= 11 is 0. The van der Waals surface area contributed by atoms with Crippen molar-refractivity contribution in [3.8, 4) is 0 Å². The largest absolute Gasteiger partial charge is 0.399 e. The maximum atomic E-state index is 13.5. The number of nitrogens with two attached hydrogens (primary N) is 1. The van der Waals surface area contributed by atoms with E-state index in [0.717, 1.165) is 11.6 Å². The molecule has 0 bridgehead atoms. The van der Waals surface area contributed by atoms with Gasteiger partial charge in [-0.15, -0.1) is 0 Å². The normalized spacial score (nSPS) is 11.2. The average molecular weight is 294 g/mol. The van der Waals surface area contributed by atoms with Crippen molar-refractivity contribution in [2.45, 2.75) is 6.42 Å². The number of anilines is 2. The minimum atomic E-state index is -3.62. The summed E-state index contributed by atoms with van der Waals surface area (Å²) in [6.07, 6.45) is 0.361. The van der Waals surface area contributed by atoms with Crippen molar-refractivity contribution in [1.82, 2.24) is 0 Å². The fourth-order valence-electron chi connectivity index (χ4n) is 1.74. The Morgan fingerprint density at radius 2 is 1.80 bits per heavy atom. The zero-order valence-electron chi connectivity index (χ0n) is 10.7. The van der Waals surface area contributed by atoms with E-state index in [2.05, 4.69) is 4.72 Å². The summed E-state index contributed by atoms with van der Waals surface area (Å²) in [5, 5.41) is 0. The Kier molecular flexibility index (Phi) is 4.24. The second kappa shape index (κ2) is 5.92. The summed E-state index contributed by atoms with van der Waals surface area (Å²) < 4.78 is 39.5. The third-order valence-corrected chi connectivity index (χ3v) is 4.03. The van der Waals surface area contributed by atoms with Crippen LogP contribution in [0.1, 0.15) is 5.56 Å². The summed E-state index contributed by atoms with van der Waals surface area (Å²) in [5.74, 6) is -0.770. The van der Waals surface area contributed by atoms with Crippen LogP contribution < -0.4 is 10.5 Å². The number of nitrogens with one attached hydrogen (secondary N) is 1. The first-order valence-corrected chi connectivity index (χ1v) is 7.71. The van der Waals surface area contributed by atoms with E-state index in [0.29, 0.717) is 12.1 Å². The molecular weight excluding hydrogens is 279 g/mol. The van der Waals surface area contributed by atoms with E-state index < -0.39 is 15.8 Å². The van der Waals surface area contributed by atoms with E-state index in [1.807, 2.05) is 30.3 Å². The molecule has 0 aliphatic carbocycles. The van der Waals surface area contributed by atoms with Crippen molar-refractivity contribution in [2.24, 2.45) is 0 Å². The predicted molar refractivity (Wildman–Crippen MR) is 78.4 cm³/mol. The zero-order chi connectivity index (χ0) is 14.6. The fraction of sp³-hybridized carbons (Fsp3) is 0.143. The van der Waals surface area contributed by atoms with E-state index in [4.69, 9.17) is 5.73 Å². The average Bonchev–Trinajstić information content (AvgIpc) is 2.42. The SMILES string of the molecule is Nc1ccc(F)c(NS(=O)(=O)CCc2ccccc2)c1. The number of sulfonamides is 1. The summed E-state index contributed by atoms with van der Waals surface area (Å²) in [5.41, 5.74) is 6.59. The number of benzene rings is 2. The zero-order valence-corrected chi connectivity index (χ0v) is 11.5. The molecule has 0 unspecified atom stereocenters. The fourth-order valence-corrected chi connectivity index (χ4v) is 2.83. The lowest BCUT2D eigenvalue weighted by Gasteiger charge is -2.09. The lowest BCUT2D eigenvalue weighted by atomic mass is 10.2. The van der Waals surface area contributed by atoms with Gasteiger partial charge >= 0.3 is 0 Å². The topological polar surface area (TPSA) is 72.2 Å². The molecule has 0 aliphatic heterocycles. The molecule has 3 N–H and O–H groups in total. The number of hydrogen-bond donors (Lipinski definition) is 2. The van der Waals surface area contributed by atoms with E-state index >= 15 is 0 Å². The third-order valence-electron chi connectivity index (χ3n) is 2.76. The molecule has 2 rings (SSSR count). The van der Waals surface area contributed by atoms with Crippen LogP contribution in [0.25, 0.3) is 0 Å². The van der Waals surface area contributed by atoms with Gasteiger partial charge in [-0.3, -0.25) is 4.72 Å². The molecular formula is C14H15FN2O2S. The summed E-state index contributed by atoms with van der Waals surface area (Å²) in [7, 11) is -3.62. The van der Waals surface area contributed by atoms with Crippen LogP contribution in [0.4, 0.5) is 15.8 Å². The molecule has 0 saturated carbocycles. The highest BCUT2D eigenvalue weighted by Gasteiger charge is 2.13. The molecule has 0 spiro atoms. The van der Waals surface area contributed by atoms with Gasteiger partial charge in [0.05, 0.1) is 11.4 Å². The molecule has 0 saturated heterocycles. The standard InChI is InChI=1S/C14H15FN2O2S/c15-13-7-6-12(16)10-14(13)17-20(18,19)9-8-11-4-2-1-3-5-11/h1-7,10,17H,8-9,16H2. The van der Waals surface area contributed by atoms with E-state index in [9.17, 15) is 12.8 Å². The first-order chi connectivity index (χ1) is 9.46. The molecule has 0 aromatic heterocycles. The van der Waals surface area contributed by atoms with Gasteiger partial charge in [0.15, 0.2) is 0 Å². The molecule has 0 heterocycles. The third kappa shape index (κ3) is 3.96.